The molecular weight excluding hydrogens is 306 g/mol. The fourth-order valence-corrected chi connectivity index (χ4v) is 6.32. The molecule has 2 atom stereocenters. The summed E-state index contributed by atoms with van der Waals surface area (Å²) in [6, 6.07) is 0.391. The zero-order valence-electron chi connectivity index (χ0n) is 12.6. The van der Waals surface area contributed by atoms with Crippen molar-refractivity contribution in [3.8, 4) is 0 Å². The third-order valence-corrected chi connectivity index (χ3v) is 8.08. The summed E-state index contributed by atoms with van der Waals surface area (Å²) in [5, 5.41) is 0.493. The number of hydrogen-bond donors (Lipinski definition) is 1. The second-order valence-corrected chi connectivity index (χ2v) is 9.40. The third-order valence-electron chi connectivity index (χ3n) is 4.68. The number of nitrogens with zero attached hydrogens (tertiary/aromatic N) is 2. The molecule has 1 heterocycles. The van der Waals surface area contributed by atoms with E-state index in [1.54, 1.807) is 0 Å². The van der Waals surface area contributed by atoms with Crippen molar-refractivity contribution < 1.29 is 8.42 Å². The summed E-state index contributed by atoms with van der Waals surface area (Å²) < 4.78 is 29.3. The highest BCUT2D eigenvalue weighted by atomic mass is 32.2. The number of hydrogen-bond acceptors (Lipinski definition) is 6. The van der Waals surface area contributed by atoms with Gasteiger partial charge in [0.05, 0.1) is 5.25 Å². The van der Waals surface area contributed by atoms with E-state index < -0.39 is 9.84 Å². The molecule has 3 rings (SSSR count). The lowest BCUT2D eigenvalue weighted by molar-refractivity contribution is 0.336. The Morgan fingerprint density at radius 1 is 1.29 bits per heavy atom. The lowest BCUT2D eigenvalue weighted by atomic mass is 9.86. The van der Waals surface area contributed by atoms with Gasteiger partial charge in [0.15, 0.2) is 15.7 Å². The van der Waals surface area contributed by atoms with Crippen LogP contribution in [0.2, 0.25) is 0 Å². The molecule has 2 aliphatic rings. The first-order valence-corrected chi connectivity index (χ1v) is 9.95. The maximum Gasteiger partial charge on any atom is 0.187 e. The molecule has 0 radical (unpaired) electrons. The Bertz CT molecular complexity index is 622. The zero-order chi connectivity index (χ0) is 15.2. The minimum atomic E-state index is -3.30. The monoisotopic (exact) mass is 329 g/mol. The Labute approximate surface area is 130 Å². The predicted octanol–water partition coefficient (Wildman–Crippen LogP) is 2.68. The van der Waals surface area contributed by atoms with Crippen LogP contribution < -0.4 is 10.6 Å². The van der Waals surface area contributed by atoms with E-state index in [0.717, 1.165) is 30.7 Å². The molecule has 0 amide bonds. The van der Waals surface area contributed by atoms with Crippen LogP contribution in [-0.4, -0.2) is 31.1 Å². The topological polar surface area (TPSA) is 76.3 Å². The standard InChI is InChI=1S/C14H23N3O2S2/c1-9-4-3-5-10(8-9)17(2)14-12(13(15)16-20-14)21(18,19)11-6-7-11/h9-11H,3-8H2,1-2H3,(H2,15,16). The van der Waals surface area contributed by atoms with Gasteiger partial charge in [0.1, 0.15) is 9.90 Å². The lowest BCUT2D eigenvalue weighted by Gasteiger charge is -2.35. The highest BCUT2D eigenvalue weighted by Crippen LogP contribution is 2.43. The molecule has 1 aromatic heterocycles. The summed E-state index contributed by atoms with van der Waals surface area (Å²) in [5.74, 6) is 0.873. The van der Waals surface area contributed by atoms with Crippen LogP contribution in [0.15, 0.2) is 4.90 Å². The van der Waals surface area contributed by atoms with Crippen molar-refractivity contribution in [1.82, 2.24) is 4.37 Å². The van der Waals surface area contributed by atoms with Gasteiger partial charge in [-0.15, -0.1) is 0 Å². The molecular formula is C14H23N3O2S2. The van der Waals surface area contributed by atoms with E-state index >= 15 is 0 Å². The largest absolute Gasteiger partial charge is 0.382 e. The van der Waals surface area contributed by atoms with Gasteiger partial charge in [0.2, 0.25) is 0 Å². The third kappa shape index (κ3) is 2.77. The smallest absolute Gasteiger partial charge is 0.187 e. The maximum atomic E-state index is 12.6. The number of aromatic nitrogens is 1. The molecule has 2 fully saturated rings. The van der Waals surface area contributed by atoms with Crippen molar-refractivity contribution in [1.29, 1.82) is 0 Å². The van der Waals surface area contributed by atoms with Crippen LogP contribution in [0.1, 0.15) is 45.4 Å². The Hall–Kier alpha value is -0.820. The molecule has 0 spiro atoms. The van der Waals surface area contributed by atoms with Crippen molar-refractivity contribution in [2.45, 2.75) is 61.6 Å². The average molecular weight is 329 g/mol. The van der Waals surface area contributed by atoms with E-state index in [9.17, 15) is 8.42 Å². The molecule has 118 valence electrons. The fraction of sp³-hybridized carbons (Fsp3) is 0.786. The minimum Gasteiger partial charge on any atom is -0.382 e. The average Bonchev–Trinajstić information content (AvgIpc) is 3.22. The van der Waals surface area contributed by atoms with Crippen LogP contribution in [0.4, 0.5) is 10.8 Å². The van der Waals surface area contributed by atoms with E-state index in [0.29, 0.717) is 12.0 Å². The highest BCUT2D eigenvalue weighted by Gasteiger charge is 2.42. The maximum absolute atomic E-state index is 12.6. The van der Waals surface area contributed by atoms with Crippen molar-refractivity contribution in [2.75, 3.05) is 17.7 Å². The summed E-state index contributed by atoms with van der Waals surface area (Å²) in [6.45, 7) is 2.27. The molecule has 2 aliphatic carbocycles. The first-order chi connectivity index (χ1) is 9.91. The van der Waals surface area contributed by atoms with Gasteiger partial charge < -0.3 is 10.6 Å². The molecule has 1 aromatic rings. The summed E-state index contributed by atoms with van der Waals surface area (Å²) >= 11 is 1.22. The predicted molar refractivity (Wildman–Crippen MR) is 86.6 cm³/mol. The van der Waals surface area contributed by atoms with Crippen molar-refractivity contribution in [3.63, 3.8) is 0 Å². The van der Waals surface area contributed by atoms with Gasteiger partial charge in [-0.3, -0.25) is 0 Å². The normalized spacial score (nSPS) is 26.8. The molecule has 0 aromatic carbocycles. The van der Waals surface area contributed by atoms with E-state index in [1.165, 1.54) is 24.4 Å². The first kappa shape index (κ1) is 15.1. The Balaban J connectivity index is 1.92. The molecule has 7 heteroatoms. The van der Waals surface area contributed by atoms with Gasteiger partial charge in [0, 0.05) is 13.1 Å². The Kier molecular flexibility index (Phi) is 3.90. The van der Waals surface area contributed by atoms with Gasteiger partial charge in [-0.2, -0.15) is 4.37 Å². The SMILES string of the molecule is CC1CCCC(N(C)c2snc(N)c2S(=O)(=O)C2CC2)C1. The number of anilines is 2. The summed E-state index contributed by atoms with van der Waals surface area (Å²) in [5.41, 5.74) is 5.88. The molecule has 0 saturated heterocycles. The van der Waals surface area contributed by atoms with Crippen molar-refractivity contribution in [2.24, 2.45) is 5.92 Å². The molecule has 0 bridgehead atoms. The van der Waals surface area contributed by atoms with Gasteiger partial charge in [-0.1, -0.05) is 19.8 Å². The second kappa shape index (κ2) is 5.43. The van der Waals surface area contributed by atoms with Gasteiger partial charge in [-0.05, 0) is 43.1 Å². The fourth-order valence-electron chi connectivity index (χ4n) is 3.24. The van der Waals surface area contributed by atoms with Crippen LogP contribution in [0.25, 0.3) is 0 Å². The Morgan fingerprint density at radius 2 is 2.00 bits per heavy atom. The molecule has 5 nitrogen and oxygen atoms in total. The number of nitrogen functional groups attached to an aromatic ring is 1. The summed E-state index contributed by atoms with van der Waals surface area (Å²) in [7, 11) is -1.31. The van der Waals surface area contributed by atoms with E-state index in [1.807, 2.05) is 7.05 Å². The lowest BCUT2D eigenvalue weighted by Crippen LogP contribution is -2.35. The van der Waals surface area contributed by atoms with Crippen LogP contribution in [0.5, 0.6) is 0 Å². The second-order valence-electron chi connectivity index (χ2n) is 6.48. The molecule has 2 N–H and O–H groups in total. The van der Waals surface area contributed by atoms with Gasteiger partial charge >= 0.3 is 0 Å². The van der Waals surface area contributed by atoms with Crippen molar-refractivity contribution in [3.05, 3.63) is 0 Å². The highest BCUT2D eigenvalue weighted by molar-refractivity contribution is 7.92. The van der Waals surface area contributed by atoms with Crippen LogP contribution >= 0.6 is 11.5 Å². The summed E-state index contributed by atoms with van der Waals surface area (Å²) in [4.78, 5) is 2.40. The Morgan fingerprint density at radius 3 is 2.62 bits per heavy atom. The number of rotatable bonds is 4. The molecule has 0 aliphatic heterocycles. The van der Waals surface area contributed by atoms with Crippen molar-refractivity contribution >= 4 is 32.2 Å². The van der Waals surface area contributed by atoms with Gasteiger partial charge in [-0.25, -0.2) is 8.42 Å². The van der Waals surface area contributed by atoms with Crippen LogP contribution in [0, 0.1) is 5.92 Å². The number of nitrogens with two attached hydrogens (primary N) is 1. The molecule has 2 saturated carbocycles. The minimum absolute atomic E-state index is 0.178. The van der Waals surface area contributed by atoms with Crippen LogP contribution in [0.3, 0.4) is 0 Å². The quantitative estimate of drug-likeness (QED) is 0.919. The van der Waals surface area contributed by atoms with E-state index in [2.05, 4.69) is 16.2 Å². The molecule has 2 unspecified atom stereocenters. The number of sulfone groups is 1. The van der Waals surface area contributed by atoms with Crippen LogP contribution in [-0.2, 0) is 9.84 Å². The summed E-state index contributed by atoms with van der Waals surface area (Å²) in [6.07, 6.45) is 6.19. The molecule has 21 heavy (non-hydrogen) atoms. The van der Waals surface area contributed by atoms with E-state index in [-0.39, 0.29) is 16.0 Å². The van der Waals surface area contributed by atoms with Gasteiger partial charge in [0.25, 0.3) is 0 Å². The zero-order valence-corrected chi connectivity index (χ0v) is 14.2. The first-order valence-electron chi connectivity index (χ1n) is 7.63. The van der Waals surface area contributed by atoms with E-state index in [4.69, 9.17) is 5.73 Å².